The average molecular weight is 172 g/mol. The summed E-state index contributed by atoms with van der Waals surface area (Å²) < 4.78 is 0. The molecule has 0 spiro atoms. The molecule has 0 aromatic carbocycles. The lowest BCUT2D eigenvalue weighted by molar-refractivity contribution is -0.139. The summed E-state index contributed by atoms with van der Waals surface area (Å²) in [6.45, 7) is -0.505. The predicted octanol–water partition coefficient (Wildman–Crippen LogP) is -0.595. The van der Waals surface area contributed by atoms with Crippen LogP contribution in [-0.2, 0) is 4.79 Å². The second-order valence-corrected chi connectivity index (χ2v) is 2.01. The Morgan fingerprint density at radius 3 is 2.08 bits per heavy atom. The fourth-order valence-electron chi connectivity index (χ4n) is 0.356. The molecule has 1 aromatic heterocycles. The van der Waals surface area contributed by atoms with Crippen LogP contribution >= 0.6 is 0 Å². The fourth-order valence-corrected chi connectivity index (χ4v) is 0.356. The summed E-state index contributed by atoms with van der Waals surface area (Å²) in [6.07, 6.45) is 3.75. The largest absolute Gasteiger partial charge is 0.480 e. The number of carbonyl (C=O) groups is 1. The summed E-state index contributed by atoms with van der Waals surface area (Å²) in [5.41, 5.74) is 4.77. The zero-order valence-electron chi connectivity index (χ0n) is 6.47. The molecule has 5 nitrogen and oxygen atoms in total. The second-order valence-electron chi connectivity index (χ2n) is 2.01. The highest BCUT2D eigenvalue weighted by Gasteiger charge is 2.06. The summed E-state index contributed by atoms with van der Waals surface area (Å²) in [5, 5.41) is 15.9. The van der Waals surface area contributed by atoms with Gasteiger partial charge in [0.2, 0.25) is 0 Å². The molecule has 0 aliphatic rings. The number of aromatic nitrogens is 1. The van der Waals surface area contributed by atoms with Gasteiger partial charge in [-0.2, -0.15) is 0 Å². The normalized spacial score (nSPS) is 11.2. The molecule has 0 aliphatic heterocycles. The predicted molar refractivity (Wildman–Crippen MR) is 43.5 cm³/mol. The number of aliphatic hydroxyl groups is 1. The molecule has 0 bridgehead atoms. The Morgan fingerprint density at radius 2 is 2.00 bits per heavy atom. The van der Waals surface area contributed by atoms with Crippen molar-refractivity contribution in [3.63, 3.8) is 0 Å². The molecule has 1 rings (SSSR count). The van der Waals surface area contributed by atoms with E-state index < -0.39 is 18.6 Å². The summed E-state index contributed by atoms with van der Waals surface area (Å²) >= 11 is 0. The van der Waals surface area contributed by atoms with E-state index >= 15 is 0 Å². The molecule has 0 saturated carbocycles. The van der Waals surface area contributed by atoms with Gasteiger partial charge in [-0.15, -0.1) is 0 Å². The van der Waals surface area contributed by atoms with Crippen LogP contribution in [-0.4, -0.2) is 33.8 Å². The van der Waals surface area contributed by atoms with Crippen LogP contribution in [0.3, 0.4) is 0 Å². The van der Waals surface area contributed by atoms with Crippen LogP contribution in [0.25, 0.3) is 0 Å². The van der Waals surface area contributed by atoms with Gasteiger partial charge in [-0.25, -0.2) is 0 Å². The minimum Gasteiger partial charge on any atom is -0.480 e. The van der Waals surface area contributed by atoms with E-state index in [1.54, 1.807) is 0 Å². The number of rotatable bonds is 2. The van der Waals surface area contributed by atoms with E-state index in [1.165, 1.54) is 0 Å². The molecule has 0 amide bonds. The van der Waals surface area contributed by atoms with Gasteiger partial charge in [0.15, 0.2) is 0 Å². The van der Waals surface area contributed by atoms with Crippen LogP contribution in [0.2, 0.25) is 0 Å². The minimum absolute atomic E-state index is 0.505. The molecule has 1 heterocycles. The van der Waals surface area contributed by atoms with Crippen LogP contribution in [0.1, 0.15) is 0 Å². The molecule has 1 unspecified atom stereocenters. The zero-order valence-corrected chi connectivity index (χ0v) is 6.47. The van der Waals surface area contributed by atoms with Crippen molar-refractivity contribution in [3.8, 4) is 0 Å². The van der Waals surface area contributed by atoms with Crippen molar-refractivity contribution < 1.29 is 15.0 Å². The maximum Gasteiger partial charge on any atom is 0.322 e. The van der Waals surface area contributed by atoms with Crippen molar-refractivity contribution in [1.29, 1.82) is 0 Å². The van der Waals surface area contributed by atoms with Crippen molar-refractivity contribution in [2.75, 3.05) is 6.61 Å². The Balaban J connectivity index is 0.000000211. The van der Waals surface area contributed by atoms with Gasteiger partial charge in [-0.3, -0.25) is 4.79 Å². The molecule has 12 heavy (non-hydrogen) atoms. The maximum absolute atomic E-state index is 9.65. The number of carboxylic acid groups (broad SMARTS) is 1. The topological polar surface area (TPSA) is 99.3 Å². The zero-order chi connectivity index (χ0) is 9.40. The first-order valence-electron chi connectivity index (χ1n) is 3.35. The SMILES string of the molecule is NC(CO)C(=O)O.c1cc[nH]c1. The van der Waals surface area contributed by atoms with E-state index in [9.17, 15) is 4.79 Å². The van der Waals surface area contributed by atoms with E-state index in [0.717, 1.165) is 0 Å². The Hall–Kier alpha value is -1.33. The summed E-state index contributed by atoms with van der Waals surface area (Å²) in [7, 11) is 0. The monoisotopic (exact) mass is 172 g/mol. The standard InChI is InChI=1S/C4H5N.C3H7NO3/c1-2-4-5-3-1;4-2(1-5)3(6)7/h1-5H;2,5H,1,4H2,(H,6,7). The third kappa shape index (κ3) is 5.45. The third-order valence-corrected chi connectivity index (χ3v) is 1.01. The van der Waals surface area contributed by atoms with Gasteiger partial charge >= 0.3 is 5.97 Å². The number of hydrogen-bond acceptors (Lipinski definition) is 3. The molecular formula is C7H12N2O3. The lowest BCUT2D eigenvalue weighted by Gasteiger charge is -1.96. The van der Waals surface area contributed by atoms with Gasteiger partial charge in [-0.1, -0.05) is 0 Å². The third-order valence-electron chi connectivity index (χ3n) is 1.01. The quantitative estimate of drug-likeness (QED) is 0.479. The van der Waals surface area contributed by atoms with Crippen molar-refractivity contribution >= 4 is 5.97 Å². The van der Waals surface area contributed by atoms with E-state index in [-0.39, 0.29) is 0 Å². The molecule has 68 valence electrons. The number of aliphatic carboxylic acids is 1. The highest BCUT2D eigenvalue weighted by Crippen LogP contribution is 1.72. The number of carboxylic acids is 1. The first kappa shape index (κ1) is 10.7. The van der Waals surface area contributed by atoms with Gasteiger partial charge in [-0.05, 0) is 12.1 Å². The first-order valence-corrected chi connectivity index (χ1v) is 3.35. The number of H-pyrrole nitrogens is 1. The first-order chi connectivity index (χ1) is 5.68. The van der Waals surface area contributed by atoms with Crippen molar-refractivity contribution in [2.45, 2.75) is 6.04 Å². The molecule has 0 fully saturated rings. The van der Waals surface area contributed by atoms with Gasteiger partial charge in [0, 0.05) is 12.4 Å². The van der Waals surface area contributed by atoms with Crippen LogP contribution < -0.4 is 5.73 Å². The van der Waals surface area contributed by atoms with Crippen LogP contribution in [0, 0.1) is 0 Å². The molecule has 0 saturated heterocycles. The smallest absolute Gasteiger partial charge is 0.322 e. The van der Waals surface area contributed by atoms with Crippen molar-refractivity contribution in [3.05, 3.63) is 24.5 Å². The van der Waals surface area contributed by atoms with Crippen molar-refractivity contribution in [1.82, 2.24) is 4.98 Å². The molecule has 5 heteroatoms. The van der Waals surface area contributed by atoms with Gasteiger partial charge in [0.1, 0.15) is 6.04 Å². The highest BCUT2D eigenvalue weighted by atomic mass is 16.4. The van der Waals surface area contributed by atoms with E-state index in [0.29, 0.717) is 0 Å². The van der Waals surface area contributed by atoms with Gasteiger partial charge in [0.05, 0.1) is 6.61 Å². The highest BCUT2D eigenvalue weighted by molar-refractivity contribution is 5.73. The molecular weight excluding hydrogens is 160 g/mol. The molecule has 0 aliphatic carbocycles. The lowest BCUT2D eigenvalue weighted by Crippen LogP contribution is -2.33. The Morgan fingerprint density at radius 1 is 1.50 bits per heavy atom. The number of hydrogen-bond donors (Lipinski definition) is 4. The van der Waals surface area contributed by atoms with Gasteiger partial charge < -0.3 is 20.9 Å². The van der Waals surface area contributed by atoms with E-state index in [4.69, 9.17) is 15.9 Å². The second kappa shape index (κ2) is 6.38. The fraction of sp³-hybridized carbons (Fsp3) is 0.286. The number of aromatic amines is 1. The molecule has 1 atom stereocenters. The lowest BCUT2D eigenvalue weighted by atomic mass is 10.3. The summed E-state index contributed by atoms with van der Waals surface area (Å²) in [5.74, 6) is -1.18. The van der Waals surface area contributed by atoms with Gasteiger partial charge in [0.25, 0.3) is 0 Å². The van der Waals surface area contributed by atoms with Crippen LogP contribution in [0.4, 0.5) is 0 Å². The Bertz CT molecular complexity index is 181. The maximum atomic E-state index is 9.65. The Kier molecular flexibility index (Phi) is 5.68. The summed E-state index contributed by atoms with van der Waals surface area (Å²) in [6, 6.07) is 2.76. The molecule has 1 aromatic rings. The summed E-state index contributed by atoms with van der Waals surface area (Å²) in [4.78, 5) is 12.5. The number of nitrogens with one attached hydrogen (secondary N) is 1. The number of nitrogens with two attached hydrogens (primary N) is 1. The van der Waals surface area contributed by atoms with Crippen LogP contribution in [0.15, 0.2) is 24.5 Å². The van der Waals surface area contributed by atoms with Crippen LogP contribution in [0.5, 0.6) is 0 Å². The van der Waals surface area contributed by atoms with Crippen molar-refractivity contribution in [2.24, 2.45) is 5.73 Å². The minimum atomic E-state index is -1.18. The molecule has 5 N–H and O–H groups in total. The van der Waals surface area contributed by atoms with E-state index in [2.05, 4.69) is 4.98 Å². The van der Waals surface area contributed by atoms with E-state index in [1.807, 2.05) is 24.5 Å². The average Bonchev–Trinajstić information content (AvgIpc) is 2.59. The Labute approximate surface area is 69.8 Å². The number of aliphatic hydroxyl groups excluding tert-OH is 1. The molecule has 0 radical (unpaired) electrons.